The second-order valence-electron chi connectivity index (χ2n) is 4.66. The number of furan rings is 1. The Labute approximate surface area is 106 Å². The summed E-state index contributed by atoms with van der Waals surface area (Å²) in [5, 5.41) is 9.99. The van der Waals surface area contributed by atoms with E-state index in [0.717, 1.165) is 11.3 Å². The predicted octanol–water partition coefficient (Wildman–Crippen LogP) is 3.23. The minimum absolute atomic E-state index is 0.0648. The molecule has 18 heavy (non-hydrogen) atoms. The lowest BCUT2D eigenvalue weighted by Crippen LogP contribution is -2.26. The largest absolute Gasteiger partial charge is 0.467 e. The molecule has 1 N–H and O–H groups in total. The molecule has 0 amide bonds. The highest BCUT2D eigenvalue weighted by Gasteiger charge is 2.31. The van der Waals surface area contributed by atoms with Crippen molar-refractivity contribution in [3.63, 3.8) is 0 Å². The highest BCUT2D eigenvalue weighted by atomic mass is 16.5. The van der Waals surface area contributed by atoms with Crippen LogP contribution in [0, 0.1) is 0 Å². The number of rotatable bonds is 2. The van der Waals surface area contributed by atoms with Crippen LogP contribution in [0.5, 0.6) is 0 Å². The Balaban J connectivity index is 1.81. The topological polar surface area (TPSA) is 42.6 Å². The van der Waals surface area contributed by atoms with Gasteiger partial charge in [0.1, 0.15) is 11.9 Å². The molecule has 1 aromatic heterocycles. The molecule has 1 aromatic carbocycles. The van der Waals surface area contributed by atoms with Crippen LogP contribution in [-0.2, 0) is 4.74 Å². The summed E-state index contributed by atoms with van der Waals surface area (Å²) in [6, 6.07) is 13.8. The smallest absolute Gasteiger partial charge is 0.132 e. The Morgan fingerprint density at radius 3 is 2.44 bits per heavy atom. The average molecular weight is 244 g/mol. The lowest BCUT2D eigenvalue weighted by atomic mass is 9.95. The van der Waals surface area contributed by atoms with Crippen LogP contribution in [0.4, 0.5) is 0 Å². The quantitative estimate of drug-likeness (QED) is 0.881. The van der Waals surface area contributed by atoms with Gasteiger partial charge >= 0.3 is 0 Å². The molecule has 2 aromatic rings. The normalized spacial score (nSPS) is 28.2. The van der Waals surface area contributed by atoms with Crippen LogP contribution in [0.3, 0.4) is 0 Å². The summed E-state index contributed by atoms with van der Waals surface area (Å²) in [4.78, 5) is 0. The van der Waals surface area contributed by atoms with Crippen molar-refractivity contribution in [1.29, 1.82) is 0 Å². The van der Waals surface area contributed by atoms with E-state index >= 15 is 0 Å². The van der Waals surface area contributed by atoms with E-state index in [4.69, 9.17) is 9.15 Å². The first-order chi connectivity index (χ1) is 8.83. The van der Waals surface area contributed by atoms with Crippen LogP contribution in [-0.4, -0.2) is 11.2 Å². The highest BCUT2D eigenvalue weighted by Crippen LogP contribution is 2.38. The molecule has 0 unspecified atom stereocenters. The maximum absolute atomic E-state index is 9.99. The second kappa shape index (κ2) is 4.96. The predicted molar refractivity (Wildman–Crippen MR) is 67.0 cm³/mol. The molecule has 0 saturated carbocycles. The Morgan fingerprint density at radius 1 is 0.944 bits per heavy atom. The van der Waals surface area contributed by atoms with Gasteiger partial charge in [-0.05, 0) is 17.7 Å². The number of benzene rings is 1. The van der Waals surface area contributed by atoms with E-state index in [1.807, 2.05) is 42.5 Å². The van der Waals surface area contributed by atoms with E-state index in [1.165, 1.54) is 0 Å². The van der Waals surface area contributed by atoms with Crippen molar-refractivity contribution in [2.75, 3.05) is 0 Å². The number of aliphatic hydroxyl groups excluding tert-OH is 1. The van der Waals surface area contributed by atoms with Crippen molar-refractivity contribution < 1.29 is 14.3 Å². The maximum Gasteiger partial charge on any atom is 0.132 e. The van der Waals surface area contributed by atoms with Crippen molar-refractivity contribution in [3.05, 3.63) is 60.1 Å². The summed E-state index contributed by atoms with van der Waals surface area (Å²) in [7, 11) is 0. The first-order valence-corrected chi connectivity index (χ1v) is 6.25. The van der Waals surface area contributed by atoms with Gasteiger partial charge < -0.3 is 14.3 Å². The van der Waals surface area contributed by atoms with Gasteiger partial charge in [-0.15, -0.1) is 0 Å². The van der Waals surface area contributed by atoms with Crippen LogP contribution >= 0.6 is 0 Å². The fourth-order valence-corrected chi connectivity index (χ4v) is 2.44. The van der Waals surface area contributed by atoms with Crippen LogP contribution in [0.2, 0.25) is 0 Å². The SMILES string of the molecule is O[C@@H]1C[C@@H](c2ccccc2)O[C@H](c2ccco2)C1. The van der Waals surface area contributed by atoms with E-state index in [9.17, 15) is 5.11 Å². The third-order valence-corrected chi connectivity index (χ3v) is 3.33. The molecule has 2 heterocycles. The summed E-state index contributed by atoms with van der Waals surface area (Å²) in [5.74, 6) is 0.787. The Kier molecular flexibility index (Phi) is 3.17. The molecule has 94 valence electrons. The fourth-order valence-electron chi connectivity index (χ4n) is 2.44. The maximum atomic E-state index is 9.99. The van der Waals surface area contributed by atoms with Crippen molar-refractivity contribution >= 4 is 0 Å². The number of ether oxygens (including phenoxy) is 1. The van der Waals surface area contributed by atoms with Gasteiger partial charge in [-0.2, -0.15) is 0 Å². The molecule has 0 bridgehead atoms. The van der Waals surface area contributed by atoms with E-state index in [0.29, 0.717) is 12.8 Å². The van der Waals surface area contributed by atoms with Gasteiger partial charge in [0.2, 0.25) is 0 Å². The molecule has 1 saturated heterocycles. The van der Waals surface area contributed by atoms with Crippen molar-refractivity contribution in [1.82, 2.24) is 0 Å². The molecule has 0 aliphatic carbocycles. The highest BCUT2D eigenvalue weighted by molar-refractivity contribution is 5.19. The van der Waals surface area contributed by atoms with E-state index < -0.39 is 0 Å². The van der Waals surface area contributed by atoms with Gasteiger partial charge in [0.25, 0.3) is 0 Å². The molecule has 3 heteroatoms. The molecule has 1 aliphatic heterocycles. The number of hydrogen-bond acceptors (Lipinski definition) is 3. The van der Waals surface area contributed by atoms with Gasteiger partial charge in [-0.1, -0.05) is 30.3 Å². The van der Waals surface area contributed by atoms with E-state index in [-0.39, 0.29) is 18.3 Å². The lowest BCUT2D eigenvalue weighted by molar-refractivity contribution is -0.107. The zero-order valence-electron chi connectivity index (χ0n) is 10.0. The molecule has 3 rings (SSSR count). The zero-order chi connectivity index (χ0) is 12.4. The standard InChI is InChI=1S/C15H16O3/c16-12-9-14(11-5-2-1-3-6-11)18-15(10-12)13-7-4-8-17-13/h1-8,12,14-16H,9-10H2/t12-,14+,15+/m1/s1. The molecule has 0 radical (unpaired) electrons. The Bertz CT molecular complexity index is 478. The van der Waals surface area contributed by atoms with Crippen LogP contribution in [0.1, 0.15) is 36.4 Å². The van der Waals surface area contributed by atoms with Crippen molar-refractivity contribution in [2.45, 2.75) is 31.2 Å². The summed E-state index contributed by atoms with van der Waals surface area (Å²) < 4.78 is 11.4. The monoisotopic (exact) mass is 244 g/mol. The lowest BCUT2D eigenvalue weighted by Gasteiger charge is -2.32. The third-order valence-electron chi connectivity index (χ3n) is 3.33. The summed E-state index contributed by atoms with van der Waals surface area (Å²) in [6.45, 7) is 0. The number of hydrogen-bond donors (Lipinski definition) is 1. The van der Waals surface area contributed by atoms with Crippen molar-refractivity contribution in [2.24, 2.45) is 0 Å². The Morgan fingerprint density at radius 2 is 1.72 bits per heavy atom. The molecule has 3 nitrogen and oxygen atoms in total. The van der Waals surface area contributed by atoms with Crippen LogP contribution < -0.4 is 0 Å². The van der Waals surface area contributed by atoms with Gasteiger partial charge in [0, 0.05) is 12.8 Å². The van der Waals surface area contributed by atoms with E-state index in [1.54, 1.807) is 6.26 Å². The third kappa shape index (κ3) is 2.33. The average Bonchev–Trinajstić information content (AvgIpc) is 2.93. The van der Waals surface area contributed by atoms with Crippen LogP contribution in [0.15, 0.2) is 53.1 Å². The van der Waals surface area contributed by atoms with Gasteiger partial charge in [0.05, 0.1) is 18.5 Å². The fraction of sp³-hybridized carbons (Fsp3) is 0.333. The van der Waals surface area contributed by atoms with Gasteiger partial charge in [-0.3, -0.25) is 0 Å². The van der Waals surface area contributed by atoms with E-state index in [2.05, 4.69) is 0 Å². The molecule has 3 atom stereocenters. The van der Waals surface area contributed by atoms with Gasteiger partial charge in [0.15, 0.2) is 0 Å². The minimum Gasteiger partial charge on any atom is -0.467 e. The second-order valence-corrected chi connectivity index (χ2v) is 4.66. The molecule has 1 fully saturated rings. The Hall–Kier alpha value is -1.58. The summed E-state index contributed by atoms with van der Waals surface area (Å²) in [6.07, 6.45) is 2.30. The minimum atomic E-state index is -0.348. The molecular weight excluding hydrogens is 228 g/mol. The van der Waals surface area contributed by atoms with Crippen molar-refractivity contribution in [3.8, 4) is 0 Å². The zero-order valence-corrected chi connectivity index (χ0v) is 10.0. The van der Waals surface area contributed by atoms with Crippen LogP contribution in [0.25, 0.3) is 0 Å². The summed E-state index contributed by atoms with van der Waals surface area (Å²) >= 11 is 0. The molecular formula is C15H16O3. The molecule has 0 spiro atoms. The number of aliphatic hydroxyl groups is 1. The summed E-state index contributed by atoms with van der Waals surface area (Å²) in [5.41, 5.74) is 1.10. The first kappa shape index (κ1) is 11.5. The molecule has 1 aliphatic rings. The first-order valence-electron chi connectivity index (χ1n) is 6.25. The van der Waals surface area contributed by atoms with Gasteiger partial charge in [-0.25, -0.2) is 0 Å².